The van der Waals surface area contributed by atoms with Gasteiger partial charge in [0.05, 0.1) is 27.8 Å². The third kappa shape index (κ3) is 4.37. The summed E-state index contributed by atoms with van der Waals surface area (Å²) in [6, 6.07) is 13.1. The number of pyridine rings is 1. The molecule has 0 aliphatic heterocycles. The smallest absolute Gasteiger partial charge is 0.168 e. The number of aromatic nitrogens is 4. The van der Waals surface area contributed by atoms with Crippen molar-refractivity contribution in [2.75, 3.05) is 6.61 Å². The van der Waals surface area contributed by atoms with E-state index in [0.717, 1.165) is 43.3 Å². The molecule has 38 heavy (non-hydrogen) atoms. The largest absolute Gasteiger partial charge is 0.504 e. The lowest BCUT2D eigenvalue weighted by Gasteiger charge is -2.15. The summed E-state index contributed by atoms with van der Waals surface area (Å²) < 4.78 is 35.3. The normalized spacial score (nSPS) is 12.4. The molecule has 0 unspecified atom stereocenters. The molecule has 192 valence electrons. The maximum absolute atomic E-state index is 14.2. The van der Waals surface area contributed by atoms with E-state index in [-0.39, 0.29) is 23.9 Å². The SMILES string of the molecule is Cc1n[nH]c2cc(-c3cc(OC[C@@H](N)Cc4c[nH]c5ccccc45)cnc3-c3cc(F)cc(F)c3O)sc12. The highest BCUT2D eigenvalue weighted by Crippen LogP contribution is 2.42. The number of hydrogen-bond donors (Lipinski definition) is 4. The number of nitrogens with two attached hydrogens (primary N) is 1. The number of aryl methyl sites for hydroxylation is 1. The Morgan fingerprint density at radius 3 is 2.79 bits per heavy atom. The molecule has 6 rings (SSSR count). The molecule has 5 N–H and O–H groups in total. The minimum absolute atomic E-state index is 0.0491. The number of aromatic hydroxyl groups is 1. The molecule has 0 amide bonds. The summed E-state index contributed by atoms with van der Waals surface area (Å²) >= 11 is 1.46. The molecular formula is C28H23F2N5O2S. The van der Waals surface area contributed by atoms with Gasteiger partial charge in [0, 0.05) is 45.2 Å². The van der Waals surface area contributed by atoms with Gasteiger partial charge in [0.25, 0.3) is 0 Å². The van der Waals surface area contributed by atoms with Crippen molar-refractivity contribution in [3.8, 4) is 33.2 Å². The molecule has 6 aromatic rings. The Kier molecular flexibility index (Phi) is 6.05. The van der Waals surface area contributed by atoms with E-state index >= 15 is 0 Å². The first-order valence-electron chi connectivity index (χ1n) is 11.9. The minimum Gasteiger partial charge on any atom is -0.504 e. The van der Waals surface area contributed by atoms with Crippen LogP contribution in [-0.2, 0) is 6.42 Å². The van der Waals surface area contributed by atoms with Crippen LogP contribution < -0.4 is 10.5 Å². The number of ether oxygens (including phenoxy) is 1. The number of halogens is 2. The second-order valence-electron chi connectivity index (χ2n) is 9.15. The second-order valence-corrected chi connectivity index (χ2v) is 10.2. The van der Waals surface area contributed by atoms with E-state index in [0.29, 0.717) is 23.8 Å². The Hall–Kier alpha value is -4.28. The van der Waals surface area contributed by atoms with Crippen molar-refractivity contribution in [3.05, 3.63) is 83.8 Å². The quantitative estimate of drug-likeness (QED) is 0.200. The fourth-order valence-electron chi connectivity index (χ4n) is 4.59. The third-order valence-corrected chi connectivity index (χ3v) is 7.71. The van der Waals surface area contributed by atoms with Crippen LogP contribution in [0, 0.1) is 18.6 Å². The summed E-state index contributed by atoms with van der Waals surface area (Å²) in [5.41, 5.74) is 10.9. The maximum Gasteiger partial charge on any atom is 0.168 e. The predicted molar refractivity (Wildman–Crippen MR) is 144 cm³/mol. The van der Waals surface area contributed by atoms with Crippen molar-refractivity contribution in [3.63, 3.8) is 0 Å². The number of rotatable bonds is 7. The van der Waals surface area contributed by atoms with Crippen molar-refractivity contribution < 1.29 is 18.6 Å². The Bertz CT molecular complexity index is 1790. The van der Waals surface area contributed by atoms with E-state index in [4.69, 9.17) is 10.5 Å². The minimum atomic E-state index is -1.06. The Morgan fingerprint density at radius 2 is 1.95 bits per heavy atom. The van der Waals surface area contributed by atoms with E-state index in [1.54, 1.807) is 6.07 Å². The average Bonchev–Trinajstić information content (AvgIpc) is 3.61. The van der Waals surface area contributed by atoms with E-state index < -0.39 is 17.4 Å². The number of aromatic amines is 2. The number of phenolic OH excluding ortho intramolecular Hbond substituents is 1. The van der Waals surface area contributed by atoms with Gasteiger partial charge in [-0.05, 0) is 43.2 Å². The monoisotopic (exact) mass is 531 g/mol. The number of fused-ring (bicyclic) bond motifs is 2. The molecule has 0 aliphatic carbocycles. The molecule has 0 saturated heterocycles. The van der Waals surface area contributed by atoms with Crippen LogP contribution in [0.2, 0.25) is 0 Å². The fourth-order valence-corrected chi connectivity index (χ4v) is 5.66. The molecule has 10 heteroatoms. The lowest BCUT2D eigenvalue weighted by molar-refractivity contribution is 0.287. The Morgan fingerprint density at radius 1 is 1.11 bits per heavy atom. The van der Waals surface area contributed by atoms with Crippen LogP contribution in [0.3, 0.4) is 0 Å². The van der Waals surface area contributed by atoms with Gasteiger partial charge in [0.1, 0.15) is 18.2 Å². The van der Waals surface area contributed by atoms with Gasteiger partial charge in [-0.1, -0.05) is 18.2 Å². The van der Waals surface area contributed by atoms with E-state index in [2.05, 4.69) is 20.2 Å². The zero-order chi connectivity index (χ0) is 26.4. The van der Waals surface area contributed by atoms with Crippen molar-refractivity contribution in [2.24, 2.45) is 5.73 Å². The van der Waals surface area contributed by atoms with Gasteiger partial charge < -0.3 is 20.6 Å². The Labute approximate surface area is 219 Å². The van der Waals surface area contributed by atoms with Crippen LogP contribution in [0.1, 0.15) is 11.3 Å². The highest BCUT2D eigenvalue weighted by atomic mass is 32.1. The van der Waals surface area contributed by atoms with Gasteiger partial charge >= 0.3 is 0 Å². The summed E-state index contributed by atoms with van der Waals surface area (Å²) in [5.74, 6) is -2.10. The highest BCUT2D eigenvalue weighted by molar-refractivity contribution is 7.22. The summed E-state index contributed by atoms with van der Waals surface area (Å²) in [5, 5.41) is 18.7. The van der Waals surface area contributed by atoms with Crippen molar-refractivity contribution >= 4 is 32.5 Å². The first-order chi connectivity index (χ1) is 18.4. The number of nitrogens with zero attached hydrogens (tertiary/aromatic N) is 2. The molecule has 0 spiro atoms. The number of H-pyrrole nitrogens is 2. The zero-order valence-electron chi connectivity index (χ0n) is 20.3. The molecule has 0 bridgehead atoms. The van der Waals surface area contributed by atoms with Crippen LogP contribution in [0.15, 0.2) is 60.9 Å². The molecule has 0 aliphatic rings. The number of hydrogen-bond acceptors (Lipinski definition) is 6. The topological polar surface area (TPSA) is 113 Å². The van der Waals surface area contributed by atoms with Crippen molar-refractivity contribution in [1.82, 2.24) is 20.2 Å². The molecule has 0 radical (unpaired) electrons. The van der Waals surface area contributed by atoms with Crippen LogP contribution in [0.4, 0.5) is 8.78 Å². The van der Waals surface area contributed by atoms with Gasteiger partial charge in [-0.3, -0.25) is 10.1 Å². The maximum atomic E-state index is 14.2. The number of thiophene rings is 1. The lowest BCUT2D eigenvalue weighted by atomic mass is 10.0. The van der Waals surface area contributed by atoms with E-state index in [9.17, 15) is 13.9 Å². The standard InChI is InChI=1S/C28H23F2N5O2S/c1-14-28-24(35-34-14)10-25(38-28)20-9-18(12-33-26(20)21-7-16(29)8-22(30)27(21)36)37-13-17(31)6-15-11-32-23-5-3-2-4-19(15)23/h2-5,7-12,17,32,36H,6,13,31H2,1H3,(H,34,35)/t17-/m0/s1. The van der Waals surface area contributed by atoms with E-state index in [1.807, 2.05) is 43.5 Å². The molecule has 4 aromatic heterocycles. The van der Waals surface area contributed by atoms with Gasteiger partial charge in [-0.15, -0.1) is 11.3 Å². The van der Waals surface area contributed by atoms with Crippen LogP contribution in [0.5, 0.6) is 11.5 Å². The molecule has 0 fully saturated rings. The van der Waals surface area contributed by atoms with Crippen molar-refractivity contribution in [1.29, 1.82) is 0 Å². The van der Waals surface area contributed by atoms with E-state index in [1.165, 1.54) is 17.5 Å². The second kappa shape index (κ2) is 9.55. The molecule has 1 atom stereocenters. The summed E-state index contributed by atoms with van der Waals surface area (Å²) in [6.07, 6.45) is 4.03. The predicted octanol–water partition coefficient (Wildman–Crippen LogP) is 6.08. The molecule has 4 heterocycles. The number of phenols is 1. The lowest BCUT2D eigenvalue weighted by Crippen LogP contribution is -2.30. The first kappa shape index (κ1) is 24.1. The van der Waals surface area contributed by atoms with Gasteiger partial charge in [-0.25, -0.2) is 8.78 Å². The van der Waals surface area contributed by atoms with Crippen molar-refractivity contribution in [2.45, 2.75) is 19.4 Å². The molecule has 2 aromatic carbocycles. The van der Waals surface area contributed by atoms with Gasteiger partial charge in [-0.2, -0.15) is 5.10 Å². The van der Waals surface area contributed by atoms with Gasteiger partial charge in [0.15, 0.2) is 11.6 Å². The Balaban J connectivity index is 1.32. The van der Waals surface area contributed by atoms with Gasteiger partial charge in [0.2, 0.25) is 0 Å². The number of nitrogens with one attached hydrogen (secondary N) is 2. The third-order valence-electron chi connectivity index (χ3n) is 6.44. The highest BCUT2D eigenvalue weighted by Gasteiger charge is 2.21. The van der Waals surface area contributed by atoms with Crippen LogP contribution >= 0.6 is 11.3 Å². The van der Waals surface area contributed by atoms with Crippen LogP contribution in [0.25, 0.3) is 42.8 Å². The zero-order valence-corrected chi connectivity index (χ0v) is 21.1. The molecular weight excluding hydrogens is 508 g/mol. The molecule has 7 nitrogen and oxygen atoms in total. The average molecular weight is 532 g/mol. The number of para-hydroxylation sites is 1. The molecule has 0 saturated carbocycles. The number of benzene rings is 2. The first-order valence-corrected chi connectivity index (χ1v) is 12.8. The summed E-state index contributed by atoms with van der Waals surface area (Å²) in [6.45, 7) is 2.12. The summed E-state index contributed by atoms with van der Waals surface area (Å²) in [7, 11) is 0. The van der Waals surface area contributed by atoms with Crippen LogP contribution in [-0.4, -0.2) is 37.9 Å². The summed E-state index contributed by atoms with van der Waals surface area (Å²) in [4.78, 5) is 8.49. The fraction of sp³-hybridized carbons (Fsp3) is 0.143.